The van der Waals surface area contributed by atoms with Gasteiger partial charge in [0.25, 0.3) is 0 Å². The van der Waals surface area contributed by atoms with Crippen LogP contribution in [0.5, 0.6) is 0 Å². The molecule has 2 bridgehead atoms. The number of benzene rings is 1. The van der Waals surface area contributed by atoms with E-state index in [2.05, 4.69) is 29.6 Å². The van der Waals surface area contributed by atoms with Gasteiger partial charge in [0, 0.05) is 0 Å². The van der Waals surface area contributed by atoms with Crippen molar-refractivity contribution in [2.45, 2.75) is 43.6 Å². The van der Waals surface area contributed by atoms with E-state index in [0.29, 0.717) is 5.92 Å². The third kappa shape index (κ3) is 1.09. The van der Waals surface area contributed by atoms with Gasteiger partial charge in [0.15, 0.2) is 0 Å². The summed E-state index contributed by atoms with van der Waals surface area (Å²) in [5.74, 6) is 1.06. The van der Waals surface area contributed by atoms with Crippen LogP contribution in [0.15, 0.2) is 24.3 Å². The highest BCUT2D eigenvalue weighted by atomic mass is 16.2. The van der Waals surface area contributed by atoms with Crippen LogP contribution in [0, 0.1) is 5.92 Å². The van der Waals surface area contributed by atoms with Gasteiger partial charge in [0.05, 0.1) is 11.5 Å². The van der Waals surface area contributed by atoms with Crippen LogP contribution in [0.25, 0.3) is 0 Å². The lowest BCUT2D eigenvalue weighted by Gasteiger charge is -2.55. The molecule has 1 aromatic carbocycles. The van der Waals surface area contributed by atoms with Crippen LogP contribution >= 0.6 is 0 Å². The number of hydrogen-bond donors (Lipinski definition) is 1. The minimum absolute atomic E-state index is 0.0132. The summed E-state index contributed by atoms with van der Waals surface area (Å²) in [6.45, 7) is 0. The van der Waals surface area contributed by atoms with Crippen LogP contribution in [0.1, 0.15) is 49.1 Å². The first-order valence-electron chi connectivity index (χ1n) is 6.73. The zero-order valence-electron chi connectivity index (χ0n) is 9.91. The number of carbonyl (C=O) groups is 1. The van der Waals surface area contributed by atoms with Crippen molar-refractivity contribution in [3.05, 3.63) is 35.4 Å². The second-order valence-electron chi connectivity index (χ2n) is 5.78. The lowest BCUT2D eigenvalue weighted by Crippen LogP contribution is -2.62. The number of fused-ring (bicyclic) bond motifs is 1. The Balaban J connectivity index is 1.96. The third-order valence-electron chi connectivity index (χ3n) is 5.07. The summed E-state index contributed by atoms with van der Waals surface area (Å²) in [4.78, 5) is 12.2. The molecule has 1 saturated heterocycles. The Morgan fingerprint density at radius 3 is 3.06 bits per heavy atom. The Labute approximate surface area is 101 Å². The third-order valence-corrected chi connectivity index (χ3v) is 5.07. The highest BCUT2D eigenvalue weighted by Gasteiger charge is 2.54. The summed E-state index contributed by atoms with van der Waals surface area (Å²) in [6.07, 6.45) is 6.06. The van der Waals surface area contributed by atoms with Crippen LogP contribution in [-0.2, 0) is 10.3 Å². The van der Waals surface area contributed by atoms with Crippen LogP contribution in [0.2, 0.25) is 0 Å². The summed E-state index contributed by atoms with van der Waals surface area (Å²) in [5.41, 5.74) is 2.70. The van der Waals surface area contributed by atoms with E-state index in [9.17, 15) is 4.79 Å². The molecule has 2 heteroatoms. The second-order valence-corrected chi connectivity index (χ2v) is 5.78. The molecule has 3 atom stereocenters. The summed E-state index contributed by atoms with van der Waals surface area (Å²) >= 11 is 0. The molecule has 2 nitrogen and oxygen atoms in total. The molecule has 2 fully saturated rings. The molecule has 0 aromatic heterocycles. The zero-order chi connectivity index (χ0) is 11.5. The molecule has 2 aliphatic carbocycles. The minimum atomic E-state index is -0.0132. The highest BCUT2D eigenvalue weighted by molar-refractivity contribution is 5.88. The quantitative estimate of drug-likeness (QED) is 0.725. The van der Waals surface area contributed by atoms with Crippen LogP contribution in [0.4, 0.5) is 0 Å². The Morgan fingerprint density at radius 1 is 1.24 bits per heavy atom. The fraction of sp³-hybridized carbons (Fsp3) is 0.533. The molecular weight excluding hydrogens is 210 g/mol. The Morgan fingerprint density at radius 2 is 2.12 bits per heavy atom. The fourth-order valence-electron chi connectivity index (χ4n) is 4.32. The highest BCUT2D eigenvalue weighted by Crippen LogP contribution is 2.55. The summed E-state index contributed by atoms with van der Waals surface area (Å²) in [6, 6.07) is 8.58. The van der Waals surface area contributed by atoms with Gasteiger partial charge in [-0.15, -0.1) is 0 Å². The predicted octanol–water partition coefficient (Wildman–Crippen LogP) is 2.69. The van der Waals surface area contributed by atoms with Gasteiger partial charge in [-0.1, -0.05) is 37.1 Å². The number of piperidine rings is 1. The van der Waals surface area contributed by atoms with Gasteiger partial charge in [-0.3, -0.25) is 4.79 Å². The SMILES string of the molecule is O=C1N[C@@]23CCCC[C@@H]2C[C@@H]1c1ccccc13. The summed E-state index contributed by atoms with van der Waals surface area (Å²) in [5, 5.41) is 3.35. The molecule has 1 N–H and O–H groups in total. The van der Waals surface area contributed by atoms with E-state index in [1.807, 2.05) is 0 Å². The van der Waals surface area contributed by atoms with Crippen molar-refractivity contribution in [2.24, 2.45) is 5.92 Å². The first-order valence-corrected chi connectivity index (χ1v) is 6.73. The van der Waals surface area contributed by atoms with Gasteiger partial charge in [0.1, 0.15) is 0 Å². The van der Waals surface area contributed by atoms with Crippen LogP contribution in [-0.4, -0.2) is 5.91 Å². The molecule has 17 heavy (non-hydrogen) atoms. The standard InChI is InChI=1S/C15H17NO/c17-14-12-9-10-5-3-4-8-15(10,16-14)13-7-2-1-6-11(12)13/h1-2,6-7,10,12H,3-5,8-9H2,(H,16,17)/t10-,12-,15+/m1/s1. The molecule has 1 saturated carbocycles. The predicted molar refractivity (Wildman–Crippen MR) is 65.6 cm³/mol. The molecule has 2 aliphatic heterocycles. The number of hydrogen-bond acceptors (Lipinski definition) is 1. The zero-order valence-corrected chi connectivity index (χ0v) is 9.91. The van der Waals surface area contributed by atoms with Gasteiger partial charge in [0.2, 0.25) is 5.91 Å². The van der Waals surface area contributed by atoms with Crippen molar-refractivity contribution in [1.29, 1.82) is 0 Å². The first-order chi connectivity index (χ1) is 8.31. The molecule has 4 aliphatic rings. The van der Waals surface area contributed by atoms with Gasteiger partial charge in [-0.05, 0) is 36.3 Å². The maximum absolute atomic E-state index is 12.2. The van der Waals surface area contributed by atoms with Crippen LogP contribution < -0.4 is 5.32 Å². The molecule has 2 heterocycles. The van der Waals surface area contributed by atoms with E-state index in [4.69, 9.17) is 0 Å². The van der Waals surface area contributed by atoms with Gasteiger partial charge in [-0.2, -0.15) is 0 Å². The van der Waals surface area contributed by atoms with Crippen molar-refractivity contribution in [1.82, 2.24) is 5.32 Å². The van der Waals surface area contributed by atoms with E-state index in [1.54, 1.807) is 0 Å². The molecule has 1 aromatic rings. The Hall–Kier alpha value is -1.31. The van der Waals surface area contributed by atoms with E-state index >= 15 is 0 Å². The molecular formula is C15H17NO. The van der Waals surface area contributed by atoms with E-state index in [-0.39, 0.29) is 17.4 Å². The normalized spacial score (nSPS) is 38.2. The molecule has 88 valence electrons. The molecule has 1 amide bonds. The van der Waals surface area contributed by atoms with E-state index in [1.165, 1.54) is 30.4 Å². The number of carbonyl (C=O) groups excluding carboxylic acids is 1. The Kier molecular flexibility index (Phi) is 1.78. The van der Waals surface area contributed by atoms with Gasteiger partial charge < -0.3 is 5.32 Å². The smallest absolute Gasteiger partial charge is 0.228 e. The fourth-order valence-corrected chi connectivity index (χ4v) is 4.32. The average Bonchev–Trinajstić information content (AvgIpc) is 2.38. The lowest BCUT2D eigenvalue weighted by molar-refractivity contribution is -0.132. The van der Waals surface area contributed by atoms with E-state index in [0.717, 1.165) is 12.8 Å². The topological polar surface area (TPSA) is 29.1 Å². The first kappa shape index (κ1) is 9.69. The monoisotopic (exact) mass is 227 g/mol. The van der Waals surface area contributed by atoms with Gasteiger partial charge in [-0.25, -0.2) is 0 Å². The number of nitrogens with one attached hydrogen (secondary N) is 1. The lowest BCUT2D eigenvalue weighted by atomic mass is 9.57. The number of rotatable bonds is 0. The van der Waals surface area contributed by atoms with Crippen molar-refractivity contribution in [2.75, 3.05) is 0 Å². The largest absolute Gasteiger partial charge is 0.346 e. The van der Waals surface area contributed by atoms with Crippen molar-refractivity contribution in [3.8, 4) is 0 Å². The molecule has 1 spiro atoms. The molecule has 5 rings (SSSR count). The van der Waals surface area contributed by atoms with E-state index < -0.39 is 0 Å². The van der Waals surface area contributed by atoms with Crippen molar-refractivity contribution < 1.29 is 4.79 Å². The average molecular weight is 227 g/mol. The Bertz CT molecular complexity index is 495. The van der Waals surface area contributed by atoms with Crippen LogP contribution in [0.3, 0.4) is 0 Å². The summed E-state index contributed by atoms with van der Waals surface area (Å²) < 4.78 is 0. The van der Waals surface area contributed by atoms with Crippen molar-refractivity contribution >= 4 is 5.91 Å². The maximum Gasteiger partial charge on any atom is 0.228 e. The molecule has 0 radical (unpaired) electrons. The number of amides is 1. The van der Waals surface area contributed by atoms with Gasteiger partial charge >= 0.3 is 0 Å². The molecule has 0 unspecified atom stereocenters. The minimum Gasteiger partial charge on any atom is -0.346 e. The second kappa shape index (κ2) is 3.12. The summed E-state index contributed by atoms with van der Waals surface area (Å²) in [7, 11) is 0. The van der Waals surface area contributed by atoms with Crippen molar-refractivity contribution in [3.63, 3.8) is 0 Å². The maximum atomic E-state index is 12.2.